The van der Waals surface area contributed by atoms with Crippen molar-refractivity contribution in [1.29, 1.82) is 0 Å². The summed E-state index contributed by atoms with van der Waals surface area (Å²) < 4.78 is 0. The molecular formula is C21H30BO3P3. The third-order valence-electron chi connectivity index (χ3n) is 3.13. The minimum atomic E-state index is -2.17. The van der Waals surface area contributed by atoms with E-state index in [1.54, 1.807) is 0 Å². The van der Waals surface area contributed by atoms with Gasteiger partial charge in [0.25, 0.3) is 0 Å². The second-order valence-electron chi connectivity index (χ2n) is 6.09. The molecule has 0 saturated carbocycles. The largest absolute Gasteiger partial charge is 0.631 e. The Balaban J connectivity index is 0.000000358. The van der Waals surface area contributed by atoms with Crippen LogP contribution in [0.5, 0.6) is 0 Å². The molecular weight excluding hydrogens is 404 g/mol. The topological polar surface area (TPSA) is 60.7 Å². The maximum Gasteiger partial charge on any atom is 0.631 e. The van der Waals surface area contributed by atoms with Gasteiger partial charge >= 0.3 is 7.32 Å². The van der Waals surface area contributed by atoms with Gasteiger partial charge in [-0.2, -0.15) is 0 Å². The highest BCUT2D eigenvalue weighted by molar-refractivity contribution is 7.27. The summed E-state index contributed by atoms with van der Waals surface area (Å²) in [6.45, 7) is 6.27. The summed E-state index contributed by atoms with van der Waals surface area (Å²) in [6, 6.07) is 25.0. The molecule has 28 heavy (non-hydrogen) atoms. The van der Waals surface area contributed by atoms with E-state index < -0.39 is 7.32 Å². The van der Waals surface area contributed by atoms with E-state index in [0.717, 1.165) is 0 Å². The van der Waals surface area contributed by atoms with Crippen LogP contribution < -0.4 is 15.9 Å². The van der Waals surface area contributed by atoms with Crippen molar-refractivity contribution in [3.63, 3.8) is 0 Å². The highest BCUT2D eigenvalue weighted by atomic mass is 31.0. The van der Waals surface area contributed by atoms with E-state index in [9.17, 15) is 0 Å². The van der Waals surface area contributed by atoms with E-state index in [1.165, 1.54) is 32.6 Å². The van der Waals surface area contributed by atoms with E-state index in [1.807, 2.05) is 0 Å². The van der Waals surface area contributed by atoms with Gasteiger partial charge in [0.15, 0.2) is 0 Å². The van der Waals surface area contributed by atoms with Crippen molar-refractivity contribution in [2.24, 2.45) is 0 Å². The summed E-state index contributed by atoms with van der Waals surface area (Å²) in [5, 5.41) is 25.3. The van der Waals surface area contributed by atoms with E-state index in [4.69, 9.17) is 15.1 Å². The van der Waals surface area contributed by atoms with Crippen LogP contribution in [0.15, 0.2) is 72.8 Å². The van der Waals surface area contributed by atoms with Gasteiger partial charge in [-0.3, -0.25) is 0 Å². The van der Waals surface area contributed by atoms with Crippen LogP contribution in [0.4, 0.5) is 0 Å². The lowest BCUT2D eigenvalue weighted by Crippen LogP contribution is -2.07. The number of hydrogen-bond acceptors (Lipinski definition) is 3. The van der Waals surface area contributed by atoms with E-state index in [2.05, 4.69) is 121 Å². The quantitative estimate of drug-likeness (QED) is 0.377. The highest BCUT2D eigenvalue weighted by Gasteiger charge is 1.92. The van der Waals surface area contributed by atoms with Crippen LogP contribution in [0.1, 0.15) is 16.7 Å². The van der Waals surface area contributed by atoms with Crippen molar-refractivity contribution in [3.8, 4) is 0 Å². The Morgan fingerprint density at radius 1 is 0.536 bits per heavy atom. The third kappa shape index (κ3) is 17.0. The third-order valence-corrected chi connectivity index (χ3v) is 4.20. The summed E-state index contributed by atoms with van der Waals surface area (Å²) in [5.74, 6) is 0. The SMILES string of the molecule is Cc1cccc(P)c1.Cc1cccc(P)c1.Cc1cccc(P)c1.OB(O)O. The van der Waals surface area contributed by atoms with Gasteiger partial charge in [0.05, 0.1) is 0 Å². The van der Waals surface area contributed by atoms with Crippen LogP contribution >= 0.6 is 27.7 Å². The molecule has 0 bridgehead atoms. The van der Waals surface area contributed by atoms with Gasteiger partial charge in [-0.15, -0.1) is 27.7 Å². The smallest absolute Gasteiger partial charge is 0.402 e. The van der Waals surface area contributed by atoms with Crippen LogP contribution in [0.3, 0.4) is 0 Å². The summed E-state index contributed by atoms with van der Waals surface area (Å²) in [6.07, 6.45) is 0. The Morgan fingerprint density at radius 2 is 0.750 bits per heavy atom. The van der Waals surface area contributed by atoms with Gasteiger partial charge in [-0.25, -0.2) is 0 Å². The molecule has 3 aromatic carbocycles. The van der Waals surface area contributed by atoms with Crippen LogP contribution in [0.2, 0.25) is 0 Å². The average Bonchev–Trinajstić information content (AvgIpc) is 2.54. The molecule has 0 saturated heterocycles. The first-order chi connectivity index (χ1) is 13.1. The van der Waals surface area contributed by atoms with Crippen LogP contribution in [0.25, 0.3) is 0 Å². The molecule has 0 aromatic heterocycles. The fraction of sp³-hybridized carbons (Fsp3) is 0.143. The zero-order chi connectivity index (χ0) is 21.5. The first-order valence-corrected chi connectivity index (χ1v) is 10.3. The summed E-state index contributed by atoms with van der Waals surface area (Å²) in [4.78, 5) is 0. The van der Waals surface area contributed by atoms with Gasteiger partial charge < -0.3 is 15.1 Å². The molecule has 0 spiro atoms. The van der Waals surface area contributed by atoms with E-state index in [-0.39, 0.29) is 0 Å². The van der Waals surface area contributed by atoms with Gasteiger partial charge in [-0.05, 0) is 36.7 Å². The number of rotatable bonds is 0. The fourth-order valence-electron chi connectivity index (χ4n) is 2.01. The first kappa shape index (κ1) is 26.9. The first-order valence-electron chi connectivity index (χ1n) is 8.60. The molecule has 3 unspecified atom stereocenters. The average molecular weight is 434 g/mol. The molecule has 3 rings (SSSR count). The van der Waals surface area contributed by atoms with Gasteiger partial charge in [0, 0.05) is 0 Å². The maximum atomic E-state index is 7.17. The molecule has 3 aromatic rings. The fourth-order valence-corrected chi connectivity index (χ4v) is 3.13. The summed E-state index contributed by atoms with van der Waals surface area (Å²) >= 11 is 0. The van der Waals surface area contributed by atoms with Gasteiger partial charge in [0.2, 0.25) is 0 Å². The maximum absolute atomic E-state index is 7.17. The molecule has 150 valence electrons. The molecule has 0 radical (unpaired) electrons. The van der Waals surface area contributed by atoms with E-state index in [0.29, 0.717) is 0 Å². The van der Waals surface area contributed by atoms with Crippen molar-refractivity contribution < 1.29 is 15.1 Å². The molecule has 0 amide bonds. The van der Waals surface area contributed by atoms with Crippen LogP contribution in [-0.2, 0) is 0 Å². The van der Waals surface area contributed by atoms with Crippen LogP contribution in [-0.4, -0.2) is 22.4 Å². The number of benzene rings is 3. The zero-order valence-electron chi connectivity index (χ0n) is 16.6. The summed E-state index contributed by atoms with van der Waals surface area (Å²) in [7, 11) is 5.82. The second-order valence-corrected chi connectivity index (χ2v) is 8.09. The second kappa shape index (κ2) is 15.8. The molecule has 7 heteroatoms. The Labute approximate surface area is 176 Å². The summed E-state index contributed by atoms with van der Waals surface area (Å²) in [5.41, 5.74) is 3.95. The predicted octanol–water partition coefficient (Wildman–Crippen LogP) is 2.43. The Bertz CT molecular complexity index is 656. The number of aryl methyl sites for hydroxylation is 3. The van der Waals surface area contributed by atoms with Crippen molar-refractivity contribution >= 4 is 51.0 Å². The molecule has 0 aliphatic heterocycles. The molecule has 0 aliphatic rings. The molecule has 3 atom stereocenters. The highest BCUT2D eigenvalue weighted by Crippen LogP contribution is 1.96. The van der Waals surface area contributed by atoms with Crippen molar-refractivity contribution in [2.75, 3.05) is 0 Å². The number of hydrogen-bond donors (Lipinski definition) is 3. The Kier molecular flexibility index (Phi) is 15.2. The molecule has 0 fully saturated rings. The minimum absolute atomic E-state index is 1.25. The monoisotopic (exact) mass is 434 g/mol. The molecule has 0 heterocycles. The molecule has 3 N–H and O–H groups in total. The predicted molar refractivity (Wildman–Crippen MR) is 134 cm³/mol. The lowest BCUT2D eigenvalue weighted by Gasteiger charge is -1.90. The zero-order valence-corrected chi connectivity index (χ0v) is 20.0. The minimum Gasteiger partial charge on any atom is -0.402 e. The molecule has 3 nitrogen and oxygen atoms in total. The lowest BCUT2D eigenvalue weighted by atomic mass is 10.2. The van der Waals surface area contributed by atoms with Crippen LogP contribution in [0, 0.1) is 20.8 Å². The van der Waals surface area contributed by atoms with Crippen molar-refractivity contribution in [3.05, 3.63) is 89.5 Å². The Hall–Kier alpha value is -1.11. The van der Waals surface area contributed by atoms with E-state index >= 15 is 0 Å². The van der Waals surface area contributed by atoms with Crippen molar-refractivity contribution in [1.82, 2.24) is 0 Å². The lowest BCUT2D eigenvalue weighted by molar-refractivity contribution is 0.278. The standard InChI is InChI=1S/3C7H9P.BH3O3/c3*1-6-3-2-4-7(8)5-6;2-1(3)4/h3*2-5H,8H2,1H3;2-4H. The van der Waals surface area contributed by atoms with Gasteiger partial charge in [0.1, 0.15) is 0 Å². The molecule has 0 aliphatic carbocycles. The Morgan fingerprint density at radius 3 is 0.857 bits per heavy atom. The van der Waals surface area contributed by atoms with Crippen molar-refractivity contribution in [2.45, 2.75) is 20.8 Å². The van der Waals surface area contributed by atoms with Gasteiger partial charge in [-0.1, -0.05) is 89.5 Å². The normalized spacial score (nSPS) is 8.89.